The number of pyridine rings is 1. The highest BCUT2D eigenvalue weighted by Crippen LogP contribution is 2.24. The molecule has 0 spiro atoms. The minimum atomic E-state index is -0.0468. The predicted molar refractivity (Wildman–Crippen MR) is 84.6 cm³/mol. The fourth-order valence-corrected chi connectivity index (χ4v) is 2.23. The highest BCUT2D eigenvalue weighted by atomic mass is 16.1. The number of carbonyl (C=O) groups is 1. The monoisotopic (exact) mass is 288 g/mol. The Kier molecular flexibility index (Phi) is 4.60. The lowest BCUT2D eigenvalue weighted by atomic mass is 10.0. The van der Waals surface area contributed by atoms with Crippen LogP contribution in [-0.2, 0) is 0 Å². The summed E-state index contributed by atoms with van der Waals surface area (Å²) in [7, 11) is 0. The summed E-state index contributed by atoms with van der Waals surface area (Å²) in [5, 5.41) is 8.16. The number of amides is 1. The van der Waals surface area contributed by atoms with Crippen LogP contribution in [-0.4, -0.2) is 27.2 Å². The first-order valence-corrected chi connectivity index (χ1v) is 7.62. The molecular weight excluding hydrogens is 264 g/mol. The van der Waals surface area contributed by atoms with Crippen LogP contribution in [0.5, 0.6) is 0 Å². The number of hydrogen-bond donors (Lipinski definition) is 1. The zero-order valence-electron chi connectivity index (χ0n) is 13.5. The molecule has 5 heteroatoms. The lowest BCUT2D eigenvalue weighted by molar-refractivity contribution is 0.0955. The molecule has 0 unspecified atom stereocenters. The van der Waals surface area contributed by atoms with Crippen molar-refractivity contribution in [1.29, 1.82) is 0 Å². The summed E-state index contributed by atoms with van der Waals surface area (Å²) in [5.41, 5.74) is 2.38. The number of fused-ring (bicyclic) bond motifs is 1. The summed E-state index contributed by atoms with van der Waals surface area (Å²) in [6.07, 6.45) is 2.66. The molecule has 0 saturated heterocycles. The Morgan fingerprint density at radius 2 is 2.05 bits per heavy atom. The van der Waals surface area contributed by atoms with Crippen molar-refractivity contribution in [3.63, 3.8) is 0 Å². The van der Waals surface area contributed by atoms with Gasteiger partial charge in [-0.3, -0.25) is 4.79 Å². The average molecular weight is 288 g/mol. The summed E-state index contributed by atoms with van der Waals surface area (Å²) < 4.78 is 1.87. The Labute approximate surface area is 125 Å². The van der Waals surface area contributed by atoms with Crippen LogP contribution in [0.4, 0.5) is 0 Å². The van der Waals surface area contributed by atoms with E-state index in [1.807, 2.05) is 17.7 Å². The highest BCUT2D eigenvalue weighted by molar-refractivity contribution is 6.05. The summed E-state index contributed by atoms with van der Waals surface area (Å²) in [5.74, 6) is 0.220. The Balaban J connectivity index is 2.59. The van der Waals surface area contributed by atoms with Crippen molar-refractivity contribution in [3.8, 4) is 0 Å². The van der Waals surface area contributed by atoms with Gasteiger partial charge in [0.05, 0.1) is 17.1 Å². The van der Waals surface area contributed by atoms with Gasteiger partial charge in [-0.1, -0.05) is 20.8 Å². The van der Waals surface area contributed by atoms with Gasteiger partial charge in [-0.25, -0.2) is 9.67 Å². The molecule has 2 aromatic rings. The lowest BCUT2D eigenvalue weighted by Gasteiger charge is -2.12. The first kappa shape index (κ1) is 15.5. The van der Waals surface area contributed by atoms with Gasteiger partial charge in [-0.2, -0.15) is 5.10 Å². The zero-order chi connectivity index (χ0) is 15.6. The molecule has 2 aromatic heterocycles. The van der Waals surface area contributed by atoms with Gasteiger partial charge in [-0.05, 0) is 32.3 Å². The molecule has 2 heterocycles. The largest absolute Gasteiger partial charge is 0.352 e. The van der Waals surface area contributed by atoms with Crippen LogP contribution in [0.25, 0.3) is 11.0 Å². The topological polar surface area (TPSA) is 59.8 Å². The molecule has 2 rings (SSSR count). The standard InChI is InChI=1S/C16H24N4O/c1-6-7-17-16(21)12-8-14(10(2)3)19-15-13(12)9-18-20(15)11(4)5/h8-11H,6-7H2,1-5H3,(H,17,21). The maximum absolute atomic E-state index is 12.4. The van der Waals surface area contributed by atoms with E-state index in [0.717, 1.165) is 23.1 Å². The van der Waals surface area contributed by atoms with E-state index in [1.54, 1.807) is 6.20 Å². The molecular formula is C16H24N4O. The van der Waals surface area contributed by atoms with Crippen LogP contribution in [0.2, 0.25) is 0 Å². The third-order valence-corrected chi connectivity index (χ3v) is 3.45. The molecule has 114 valence electrons. The van der Waals surface area contributed by atoms with E-state index < -0.39 is 0 Å². The Hall–Kier alpha value is -1.91. The van der Waals surface area contributed by atoms with Gasteiger partial charge in [0.15, 0.2) is 5.65 Å². The van der Waals surface area contributed by atoms with E-state index in [1.165, 1.54) is 0 Å². The number of aromatic nitrogens is 3. The predicted octanol–water partition coefficient (Wildman–Crippen LogP) is 3.28. The quantitative estimate of drug-likeness (QED) is 0.918. The van der Waals surface area contributed by atoms with E-state index in [4.69, 9.17) is 4.98 Å². The normalized spacial score (nSPS) is 11.6. The first-order chi connectivity index (χ1) is 9.95. The van der Waals surface area contributed by atoms with Crippen molar-refractivity contribution in [2.75, 3.05) is 6.54 Å². The number of rotatable bonds is 5. The molecule has 0 aromatic carbocycles. The van der Waals surface area contributed by atoms with Crippen LogP contribution in [0.3, 0.4) is 0 Å². The molecule has 0 saturated carbocycles. The highest BCUT2D eigenvalue weighted by Gasteiger charge is 2.18. The van der Waals surface area contributed by atoms with Gasteiger partial charge in [0.1, 0.15) is 0 Å². The summed E-state index contributed by atoms with van der Waals surface area (Å²) in [6, 6.07) is 2.11. The molecule has 0 bridgehead atoms. The van der Waals surface area contributed by atoms with E-state index >= 15 is 0 Å². The maximum Gasteiger partial charge on any atom is 0.252 e. The average Bonchev–Trinajstić information content (AvgIpc) is 2.87. The molecule has 0 aliphatic heterocycles. The molecule has 0 aliphatic carbocycles. The number of nitrogens with one attached hydrogen (secondary N) is 1. The molecule has 0 atom stereocenters. The molecule has 1 amide bonds. The first-order valence-electron chi connectivity index (χ1n) is 7.62. The molecule has 21 heavy (non-hydrogen) atoms. The minimum absolute atomic E-state index is 0.0468. The second-order valence-electron chi connectivity index (χ2n) is 5.93. The third kappa shape index (κ3) is 3.06. The third-order valence-electron chi connectivity index (χ3n) is 3.45. The number of carbonyl (C=O) groups excluding carboxylic acids is 1. The van der Waals surface area contributed by atoms with Crippen molar-refractivity contribution < 1.29 is 4.79 Å². The van der Waals surface area contributed by atoms with Gasteiger partial charge < -0.3 is 5.32 Å². The lowest BCUT2D eigenvalue weighted by Crippen LogP contribution is -2.24. The van der Waals surface area contributed by atoms with E-state index in [2.05, 4.69) is 38.1 Å². The summed E-state index contributed by atoms with van der Waals surface area (Å²) in [6.45, 7) is 11.0. The number of hydrogen-bond acceptors (Lipinski definition) is 3. The van der Waals surface area contributed by atoms with Crippen LogP contribution in [0.1, 0.15) is 69.1 Å². The van der Waals surface area contributed by atoms with E-state index in [-0.39, 0.29) is 17.9 Å². The van der Waals surface area contributed by atoms with Crippen molar-refractivity contribution in [2.24, 2.45) is 0 Å². The van der Waals surface area contributed by atoms with Crippen LogP contribution in [0, 0.1) is 0 Å². The Bertz CT molecular complexity index is 643. The summed E-state index contributed by atoms with van der Waals surface area (Å²) in [4.78, 5) is 17.1. The minimum Gasteiger partial charge on any atom is -0.352 e. The van der Waals surface area contributed by atoms with Crippen molar-refractivity contribution >= 4 is 16.9 Å². The SMILES string of the molecule is CCCNC(=O)c1cc(C(C)C)nc2c1cnn2C(C)C. The summed E-state index contributed by atoms with van der Waals surface area (Å²) >= 11 is 0. The Morgan fingerprint density at radius 3 is 2.62 bits per heavy atom. The van der Waals surface area contributed by atoms with Crippen LogP contribution < -0.4 is 5.32 Å². The van der Waals surface area contributed by atoms with Gasteiger partial charge >= 0.3 is 0 Å². The molecule has 0 radical (unpaired) electrons. The van der Waals surface area contributed by atoms with Crippen molar-refractivity contribution in [2.45, 2.75) is 53.0 Å². The van der Waals surface area contributed by atoms with E-state index in [0.29, 0.717) is 12.1 Å². The molecule has 0 fully saturated rings. The van der Waals surface area contributed by atoms with Crippen LogP contribution >= 0.6 is 0 Å². The molecule has 5 nitrogen and oxygen atoms in total. The molecule has 0 aliphatic rings. The van der Waals surface area contributed by atoms with Gasteiger partial charge in [0.2, 0.25) is 0 Å². The van der Waals surface area contributed by atoms with Crippen LogP contribution in [0.15, 0.2) is 12.3 Å². The molecule has 1 N–H and O–H groups in total. The second-order valence-corrected chi connectivity index (χ2v) is 5.93. The van der Waals surface area contributed by atoms with Crippen molar-refractivity contribution in [3.05, 3.63) is 23.5 Å². The number of nitrogens with zero attached hydrogens (tertiary/aromatic N) is 3. The Morgan fingerprint density at radius 1 is 1.33 bits per heavy atom. The van der Waals surface area contributed by atoms with Gasteiger partial charge in [0, 0.05) is 18.3 Å². The van der Waals surface area contributed by atoms with Crippen molar-refractivity contribution in [1.82, 2.24) is 20.1 Å². The fraction of sp³-hybridized carbons (Fsp3) is 0.562. The smallest absolute Gasteiger partial charge is 0.252 e. The zero-order valence-corrected chi connectivity index (χ0v) is 13.5. The second kappa shape index (κ2) is 6.24. The van der Waals surface area contributed by atoms with E-state index in [9.17, 15) is 4.79 Å². The van der Waals surface area contributed by atoms with Gasteiger partial charge in [0.25, 0.3) is 5.91 Å². The van der Waals surface area contributed by atoms with Gasteiger partial charge in [-0.15, -0.1) is 0 Å². The fourth-order valence-electron chi connectivity index (χ4n) is 2.23. The maximum atomic E-state index is 12.4.